The first kappa shape index (κ1) is 19.2. The second-order valence-corrected chi connectivity index (χ2v) is 8.26. The van der Waals surface area contributed by atoms with Gasteiger partial charge in [0, 0.05) is 24.0 Å². The summed E-state index contributed by atoms with van der Waals surface area (Å²) in [4.78, 5) is 24.3. The molecule has 4 aromatic rings. The zero-order valence-corrected chi connectivity index (χ0v) is 17.9. The van der Waals surface area contributed by atoms with Crippen LogP contribution >= 0.6 is 0 Å². The second kappa shape index (κ2) is 7.51. The van der Waals surface area contributed by atoms with Gasteiger partial charge in [0.1, 0.15) is 11.5 Å². The maximum absolute atomic E-state index is 13.3. The maximum Gasteiger partial charge on any atom is 0.260 e. The van der Waals surface area contributed by atoms with Crippen LogP contribution in [0.3, 0.4) is 0 Å². The molecule has 0 unspecified atom stereocenters. The molecule has 5 rings (SSSR count). The summed E-state index contributed by atoms with van der Waals surface area (Å²) in [6.45, 7) is 6.82. The summed E-state index contributed by atoms with van der Waals surface area (Å²) < 4.78 is 2.08. The van der Waals surface area contributed by atoms with E-state index >= 15 is 0 Å². The average molecular weight is 409 g/mol. The first-order chi connectivity index (χ1) is 15.0. The molecule has 1 aliphatic rings. The minimum atomic E-state index is -0.0131. The number of pyridine rings is 1. The Labute approximate surface area is 182 Å². The first-order valence-electron chi connectivity index (χ1n) is 10.5. The van der Waals surface area contributed by atoms with Crippen LogP contribution in [0, 0.1) is 6.92 Å². The van der Waals surface area contributed by atoms with Gasteiger partial charge in [0.05, 0.1) is 6.54 Å². The highest BCUT2D eigenvalue weighted by Gasteiger charge is 2.30. The largest absolute Gasteiger partial charge is 0.327 e. The van der Waals surface area contributed by atoms with E-state index in [1.807, 2.05) is 30.5 Å². The summed E-state index contributed by atoms with van der Waals surface area (Å²) in [5.41, 5.74) is 5.91. The molecule has 5 heteroatoms. The first-order valence-corrected chi connectivity index (χ1v) is 10.5. The highest BCUT2D eigenvalue weighted by atomic mass is 16.2. The predicted molar refractivity (Wildman–Crippen MR) is 123 cm³/mol. The fraction of sp³-hybridized carbons (Fsp3) is 0.192. The van der Waals surface area contributed by atoms with E-state index in [0.29, 0.717) is 12.4 Å². The normalized spacial score (nSPS) is 13.2. The van der Waals surface area contributed by atoms with Crippen molar-refractivity contribution in [2.24, 2.45) is 0 Å². The van der Waals surface area contributed by atoms with E-state index in [-0.39, 0.29) is 11.9 Å². The number of imidazole rings is 1. The SMILES string of the molecule is Cc1ccc(-c2ccc3c(c2)C(=O)N(c2cccc(-c4nccn4C(C)C)n2)C3)cc1. The van der Waals surface area contributed by atoms with Crippen molar-refractivity contribution in [2.45, 2.75) is 33.4 Å². The van der Waals surface area contributed by atoms with E-state index in [1.54, 1.807) is 11.1 Å². The molecule has 1 aliphatic heterocycles. The summed E-state index contributed by atoms with van der Waals surface area (Å²) in [5.74, 6) is 1.44. The summed E-state index contributed by atoms with van der Waals surface area (Å²) in [6, 6.07) is 20.5. The van der Waals surface area contributed by atoms with Gasteiger partial charge in [-0.2, -0.15) is 0 Å². The molecule has 0 atom stereocenters. The van der Waals surface area contributed by atoms with Crippen LogP contribution in [0.5, 0.6) is 0 Å². The van der Waals surface area contributed by atoms with E-state index in [0.717, 1.165) is 33.8 Å². The smallest absolute Gasteiger partial charge is 0.260 e. The van der Waals surface area contributed by atoms with Crippen LogP contribution < -0.4 is 4.90 Å². The van der Waals surface area contributed by atoms with Crippen LogP contribution in [0.2, 0.25) is 0 Å². The summed E-state index contributed by atoms with van der Waals surface area (Å²) >= 11 is 0. The van der Waals surface area contributed by atoms with E-state index in [9.17, 15) is 4.79 Å². The molecular formula is C26H24N4O. The number of rotatable bonds is 4. The molecule has 5 nitrogen and oxygen atoms in total. The van der Waals surface area contributed by atoms with Crippen LogP contribution in [0.15, 0.2) is 73.1 Å². The Kier molecular flexibility index (Phi) is 4.66. The number of carbonyl (C=O) groups excluding carboxylic acids is 1. The lowest BCUT2D eigenvalue weighted by molar-refractivity contribution is 0.0996. The molecule has 0 aliphatic carbocycles. The van der Waals surface area contributed by atoms with Gasteiger partial charge in [0.15, 0.2) is 5.82 Å². The molecular weight excluding hydrogens is 384 g/mol. The van der Waals surface area contributed by atoms with E-state index in [2.05, 4.69) is 66.7 Å². The van der Waals surface area contributed by atoms with E-state index in [1.165, 1.54) is 5.56 Å². The Hall–Kier alpha value is -3.73. The lowest BCUT2D eigenvalue weighted by Gasteiger charge is -2.16. The molecule has 0 N–H and O–H groups in total. The van der Waals surface area contributed by atoms with Crippen LogP contribution in [-0.4, -0.2) is 20.4 Å². The molecule has 0 saturated carbocycles. The number of carbonyl (C=O) groups is 1. The van der Waals surface area contributed by atoms with Crippen molar-refractivity contribution in [2.75, 3.05) is 4.90 Å². The van der Waals surface area contributed by atoms with Crippen molar-refractivity contribution in [1.82, 2.24) is 14.5 Å². The molecule has 3 heterocycles. The molecule has 0 saturated heterocycles. The standard InChI is InChI=1S/C26H24N4O/c1-17(2)29-14-13-27-25(29)23-5-4-6-24(28-23)30-16-21-12-11-20(15-22(21)26(30)31)19-9-7-18(3)8-10-19/h4-15,17H,16H2,1-3H3. The van der Waals surface area contributed by atoms with Gasteiger partial charge in [0.25, 0.3) is 5.91 Å². The molecule has 0 spiro atoms. The average Bonchev–Trinajstić information content (AvgIpc) is 3.40. The zero-order chi connectivity index (χ0) is 21.5. The van der Waals surface area contributed by atoms with Crippen molar-refractivity contribution < 1.29 is 4.79 Å². The fourth-order valence-electron chi connectivity index (χ4n) is 4.04. The van der Waals surface area contributed by atoms with Crippen molar-refractivity contribution >= 4 is 11.7 Å². The third kappa shape index (κ3) is 3.42. The van der Waals surface area contributed by atoms with Gasteiger partial charge in [-0.05, 0) is 55.7 Å². The molecule has 0 fully saturated rings. The van der Waals surface area contributed by atoms with Crippen molar-refractivity contribution in [3.05, 3.63) is 89.7 Å². The number of amides is 1. The number of fused-ring (bicyclic) bond motifs is 1. The number of aryl methyl sites for hydroxylation is 1. The Morgan fingerprint density at radius 3 is 2.52 bits per heavy atom. The highest BCUT2D eigenvalue weighted by Crippen LogP contribution is 2.32. The van der Waals surface area contributed by atoms with Crippen LogP contribution in [-0.2, 0) is 6.54 Å². The van der Waals surface area contributed by atoms with Crippen LogP contribution in [0.4, 0.5) is 5.82 Å². The Morgan fingerprint density at radius 2 is 1.74 bits per heavy atom. The molecule has 31 heavy (non-hydrogen) atoms. The van der Waals surface area contributed by atoms with E-state index in [4.69, 9.17) is 4.98 Å². The number of nitrogens with zero attached hydrogens (tertiary/aromatic N) is 4. The van der Waals surface area contributed by atoms with Crippen LogP contribution in [0.25, 0.3) is 22.6 Å². The van der Waals surface area contributed by atoms with Gasteiger partial charge < -0.3 is 4.57 Å². The Morgan fingerprint density at radius 1 is 0.968 bits per heavy atom. The number of aromatic nitrogens is 3. The quantitative estimate of drug-likeness (QED) is 0.438. The number of hydrogen-bond acceptors (Lipinski definition) is 3. The van der Waals surface area contributed by atoms with Crippen molar-refractivity contribution in [1.29, 1.82) is 0 Å². The second-order valence-electron chi connectivity index (χ2n) is 8.26. The van der Waals surface area contributed by atoms with Gasteiger partial charge in [-0.15, -0.1) is 0 Å². The Balaban J connectivity index is 1.47. The van der Waals surface area contributed by atoms with Gasteiger partial charge in [0.2, 0.25) is 0 Å². The monoisotopic (exact) mass is 408 g/mol. The lowest BCUT2D eigenvalue weighted by Crippen LogP contribution is -2.24. The highest BCUT2D eigenvalue weighted by molar-refractivity contribution is 6.10. The number of anilines is 1. The van der Waals surface area contributed by atoms with E-state index < -0.39 is 0 Å². The molecule has 0 radical (unpaired) electrons. The maximum atomic E-state index is 13.3. The van der Waals surface area contributed by atoms with Crippen molar-refractivity contribution in [3.8, 4) is 22.6 Å². The molecule has 0 bridgehead atoms. The van der Waals surface area contributed by atoms with Crippen molar-refractivity contribution in [3.63, 3.8) is 0 Å². The van der Waals surface area contributed by atoms with Gasteiger partial charge in [-0.25, -0.2) is 9.97 Å². The summed E-state index contributed by atoms with van der Waals surface area (Å²) in [6.07, 6.45) is 3.74. The fourth-order valence-corrected chi connectivity index (χ4v) is 4.04. The molecule has 2 aromatic carbocycles. The number of hydrogen-bond donors (Lipinski definition) is 0. The zero-order valence-electron chi connectivity index (χ0n) is 17.9. The third-order valence-electron chi connectivity index (χ3n) is 5.76. The minimum absolute atomic E-state index is 0.0131. The Bertz CT molecular complexity index is 1270. The topological polar surface area (TPSA) is 51.0 Å². The third-order valence-corrected chi connectivity index (χ3v) is 5.76. The molecule has 154 valence electrons. The minimum Gasteiger partial charge on any atom is -0.327 e. The number of benzene rings is 2. The molecule has 2 aromatic heterocycles. The summed E-state index contributed by atoms with van der Waals surface area (Å²) in [7, 11) is 0. The van der Waals surface area contributed by atoms with Crippen LogP contribution in [0.1, 0.15) is 41.4 Å². The summed E-state index contributed by atoms with van der Waals surface area (Å²) in [5, 5.41) is 0. The van der Waals surface area contributed by atoms with Gasteiger partial charge in [-0.1, -0.05) is 48.0 Å². The molecule has 1 amide bonds. The van der Waals surface area contributed by atoms with Gasteiger partial charge in [-0.3, -0.25) is 9.69 Å². The van der Waals surface area contributed by atoms with Gasteiger partial charge >= 0.3 is 0 Å². The predicted octanol–water partition coefficient (Wildman–Crippen LogP) is 5.66. The lowest BCUT2D eigenvalue weighted by atomic mass is 10.00.